The van der Waals surface area contributed by atoms with Crippen LogP contribution in [0.25, 0.3) is 0 Å². The highest BCUT2D eigenvalue weighted by Gasteiger charge is 2.36. The van der Waals surface area contributed by atoms with Gasteiger partial charge in [0, 0.05) is 11.3 Å². The van der Waals surface area contributed by atoms with Gasteiger partial charge in [-0.3, -0.25) is 14.4 Å². The van der Waals surface area contributed by atoms with E-state index in [0.29, 0.717) is 17.2 Å². The molecule has 1 aliphatic heterocycles. The van der Waals surface area contributed by atoms with E-state index < -0.39 is 24.0 Å². The molecule has 0 radical (unpaired) electrons. The minimum Gasteiger partial charge on any atom is -0.480 e. The molecule has 1 aliphatic rings. The Labute approximate surface area is 152 Å². The van der Waals surface area contributed by atoms with E-state index >= 15 is 0 Å². The molecule has 0 aromatic heterocycles. The molecule has 25 heavy (non-hydrogen) atoms. The highest BCUT2D eigenvalue weighted by molar-refractivity contribution is 7.99. The van der Waals surface area contributed by atoms with Crippen molar-refractivity contribution in [3.8, 4) is 0 Å². The van der Waals surface area contributed by atoms with Gasteiger partial charge in [-0.15, -0.1) is 11.8 Å². The number of aliphatic carboxylic acids is 1. The van der Waals surface area contributed by atoms with E-state index in [1.54, 1.807) is 12.1 Å². The smallest absolute Gasteiger partial charge is 0.325 e. The van der Waals surface area contributed by atoms with Crippen LogP contribution in [-0.4, -0.2) is 51.5 Å². The fraction of sp³-hybridized carbons (Fsp3) is 0.500. The number of carboxylic acids is 1. The molecule has 1 saturated heterocycles. The molecule has 136 valence electrons. The number of carbonyl (C=O) groups excluding carboxylic acids is 2. The lowest BCUT2D eigenvalue weighted by molar-refractivity contribution is -0.141. The van der Waals surface area contributed by atoms with Crippen LogP contribution in [0, 0.1) is 0 Å². The Morgan fingerprint density at radius 2 is 1.84 bits per heavy atom. The first-order valence-electron chi connectivity index (χ1n) is 8.13. The summed E-state index contributed by atoms with van der Waals surface area (Å²) in [7, 11) is 0. The third-order valence-corrected chi connectivity index (χ3v) is 5.19. The third kappa shape index (κ3) is 4.54. The summed E-state index contributed by atoms with van der Waals surface area (Å²) in [5, 5.41) is 11.4. The van der Waals surface area contributed by atoms with E-state index in [9.17, 15) is 14.4 Å². The summed E-state index contributed by atoms with van der Waals surface area (Å²) >= 11 is 1.48. The van der Waals surface area contributed by atoms with Crippen molar-refractivity contribution in [2.24, 2.45) is 0 Å². The van der Waals surface area contributed by atoms with Gasteiger partial charge in [0.25, 0.3) is 5.91 Å². The number of nitrogens with one attached hydrogen (secondary N) is 1. The quantitative estimate of drug-likeness (QED) is 0.854. The average molecular weight is 364 g/mol. The Morgan fingerprint density at radius 1 is 1.24 bits per heavy atom. The van der Waals surface area contributed by atoms with Crippen molar-refractivity contribution < 1.29 is 19.5 Å². The maximum atomic E-state index is 12.8. The molecule has 2 N–H and O–H groups in total. The maximum Gasteiger partial charge on any atom is 0.325 e. The Kier molecular flexibility index (Phi) is 5.77. The van der Waals surface area contributed by atoms with Gasteiger partial charge in [0.2, 0.25) is 5.91 Å². The molecule has 1 unspecified atom stereocenters. The Hall–Kier alpha value is -2.02. The predicted octanol–water partition coefficient (Wildman–Crippen LogP) is 2.09. The van der Waals surface area contributed by atoms with Crippen LogP contribution in [0.4, 0.5) is 0 Å². The number of hydrogen-bond donors (Lipinski definition) is 2. The molecular formula is C18H24N2O4S. The second-order valence-electron chi connectivity index (χ2n) is 7.19. The van der Waals surface area contributed by atoms with Crippen LogP contribution in [0.15, 0.2) is 24.3 Å². The molecule has 0 spiro atoms. The van der Waals surface area contributed by atoms with Crippen molar-refractivity contribution in [2.75, 3.05) is 11.6 Å². The number of carbonyl (C=O) groups is 3. The topological polar surface area (TPSA) is 86.7 Å². The zero-order valence-electron chi connectivity index (χ0n) is 14.9. The summed E-state index contributed by atoms with van der Waals surface area (Å²) < 4.78 is 0. The second-order valence-corrected chi connectivity index (χ2v) is 8.19. The van der Waals surface area contributed by atoms with Crippen molar-refractivity contribution in [1.29, 1.82) is 0 Å². The van der Waals surface area contributed by atoms with Gasteiger partial charge in [0.1, 0.15) is 12.1 Å². The minimum absolute atomic E-state index is 0.000462. The molecule has 1 aromatic carbocycles. The maximum absolute atomic E-state index is 12.8. The van der Waals surface area contributed by atoms with Crippen molar-refractivity contribution in [1.82, 2.24) is 10.2 Å². The molecule has 0 bridgehead atoms. The number of rotatable bonds is 4. The first kappa shape index (κ1) is 19.3. The number of hydrogen-bond acceptors (Lipinski definition) is 4. The number of amides is 2. The number of thioether (sulfide) groups is 1. The zero-order valence-corrected chi connectivity index (χ0v) is 15.7. The van der Waals surface area contributed by atoms with E-state index in [2.05, 4.69) is 26.1 Å². The van der Waals surface area contributed by atoms with Gasteiger partial charge in [-0.2, -0.15) is 0 Å². The lowest BCUT2D eigenvalue weighted by Gasteiger charge is -2.24. The summed E-state index contributed by atoms with van der Waals surface area (Å²) in [5.74, 6) is -0.869. The van der Waals surface area contributed by atoms with Crippen LogP contribution in [0.3, 0.4) is 0 Å². The van der Waals surface area contributed by atoms with E-state index in [1.807, 2.05) is 12.1 Å². The van der Waals surface area contributed by atoms with E-state index in [-0.39, 0.29) is 11.3 Å². The first-order chi connectivity index (χ1) is 11.6. The molecular weight excluding hydrogens is 340 g/mol. The van der Waals surface area contributed by atoms with Gasteiger partial charge in [-0.25, -0.2) is 0 Å². The van der Waals surface area contributed by atoms with E-state index in [1.165, 1.54) is 23.6 Å². The van der Waals surface area contributed by atoms with Crippen molar-refractivity contribution >= 4 is 29.5 Å². The Bertz CT molecular complexity index is 667. The summed E-state index contributed by atoms with van der Waals surface area (Å²) in [6.45, 7) is 7.71. The summed E-state index contributed by atoms with van der Waals surface area (Å²) in [6.07, 6.45) is 0. The third-order valence-electron chi connectivity index (χ3n) is 4.17. The summed E-state index contributed by atoms with van der Waals surface area (Å²) in [6, 6.07) is 5.78. The lowest BCUT2D eigenvalue weighted by Crippen LogP contribution is -2.51. The van der Waals surface area contributed by atoms with Crippen LogP contribution < -0.4 is 5.32 Å². The molecule has 0 saturated carbocycles. The molecule has 1 fully saturated rings. The average Bonchev–Trinajstić information content (AvgIpc) is 3.03. The molecule has 1 aromatic rings. The van der Waals surface area contributed by atoms with Crippen LogP contribution in [0.1, 0.15) is 43.6 Å². The van der Waals surface area contributed by atoms with Gasteiger partial charge in [0.15, 0.2) is 0 Å². The minimum atomic E-state index is -1.10. The Morgan fingerprint density at radius 3 is 2.36 bits per heavy atom. The fourth-order valence-electron chi connectivity index (χ4n) is 2.51. The largest absolute Gasteiger partial charge is 0.480 e. The van der Waals surface area contributed by atoms with Crippen molar-refractivity contribution in [3.05, 3.63) is 35.4 Å². The molecule has 2 amide bonds. The van der Waals surface area contributed by atoms with Crippen LogP contribution in [0.5, 0.6) is 0 Å². The van der Waals surface area contributed by atoms with Crippen molar-refractivity contribution in [2.45, 2.75) is 45.2 Å². The Balaban J connectivity index is 2.12. The van der Waals surface area contributed by atoms with Crippen LogP contribution in [-0.2, 0) is 15.0 Å². The second kappa shape index (κ2) is 7.47. The van der Waals surface area contributed by atoms with Crippen LogP contribution in [0.2, 0.25) is 0 Å². The van der Waals surface area contributed by atoms with Gasteiger partial charge < -0.3 is 15.3 Å². The molecule has 2 atom stereocenters. The van der Waals surface area contributed by atoms with Gasteiger partial charge in [-0.1, -0.05) is 32.9 Å². The summed E-state index contributed by atoms with van der Waals surface area (Å²) in [4.78, 5) is 37.5. The van der Waals surface area contributed by atoms with E-state index in [4.69, 9.17) is 5.11 Å². The van der Waals surface area contributed by atoms with Gasteiger partial charge in [0.05, 0.1) is 5.88 Å². The van der Waals surface area contributed by atoms with Crippen LogP contribution >= 0.6 is 11.8 Å². The predicted molar refractivity (Wildman–Crippen MR) is 97.7 cm³/mol. The highest BCUT2D eigenvalue weighted by atomic mass is 32.2. The normalized spacial score (nSPS) is 18.7. The standard InChI is InChI=1S/C18H24N2O4S/c1-11(17(23)24)19-15(21)14-9-25-10-20(14)16(22)12-5-7-13(8-6-12)18(2,3)4/h5-8,11,14H,9-10H2,1-4H3,(H,19,21)(H,23,24)/t11-,14?/m0/s1. The SMILES string of the molecule is C[C@H](NC(=O)C1CSCN1C(=O)c1ccc(C(C)(C)C)cc1)C(=O)O. The molecule has 6 nitrogen and oxygen atoms in total. The molecule has 7 heteroatoms. The van der Waals surface area contributed by atoms with E-state index in [0.717, 1.165) is 5.56 Å². The fourth-order valence-corrected chi connectivity index (χ4v) is 3.66. The van der Waals surface area contributed by atoms with Crippen molar-refractivity contribution in [3.63, 3.8) is 0 Å². The van der Waals surface area contributed by atoms with Gasteiger partial charge >= 0.3 is 5.97 Å². The molecule has 2 rings (SSSR count). The monoisotopic (exact) mass is 364 g/mol. The highest BCUT2D eigenvalue weighted by Crippen LogP contribution is 2.26. The molecule has 0 aliphatic carbocycles. The van der Waals surface area contributed by atoms with Gasteiger partial charge in [-0.05, 0) is 30.0 Å². The number of carboxylic acid groups (broad SMARTS) is 1. The lowest BCUT2D eigenvalue weighted by atomic mass is 9.86. The molecule has 1 heterocycles. The first-order valence-corrected chi connectivity index (χ1v) is 9.29. The number of benzene rings is 1. The zero-order chi connectivity index (χ0) is 18.8. The number of nitrogens with zero attached hydrogens (tertiary/aromatic N) is 1. The summed E-state index contributed by atoms with van der Waals surface area (Å²) in [5.41, 5.74) is 1.66.